The highest BCUT2D eigenvalue weighted by atomic mass is 16.5. The van der Waals surface area contributed by atoms with Gasteiger partial charge >= 0.3 is 0 Å². The van der Waals surface area contributed by atoms with Crippen molar-refractivity contribution in [1.82, 2.24) is 19.6 Å². The number of nitrogens with one attached hydrogen (secondary N) is 2. The van der Waals surface area contributed by atoms with E-state index >= 15 is 0 Å². The van der Waals surface area contributed by atoms with Crippen LogP contribution in [0.5, 0.6) is 0 Å². The molecule has 0 aliphatic heterocycles. The normalized spacial score (nSPS) is 11.9. The molecule has 2 aromatic heterocycles. The van der Waals surface area contributed by atoms with Gasteiger partial charge in [-0.3, -0.25) is 4.79 Å². The first-order valence-corrected chi connectivity index (χ1v) is 9.58. The number of fused-ring (bicyclic) bond motifs is 1. The van der Waals surface area contributed by atoms with Crippen molar-refractivity contribution in [2.75, 3.05) is 17.7 Å². The van der Waals surface area contributed by atoms with Crippen LogP contribution < -0.4 is 10.6 Å². The molecule has 0 bridgehead atoms. The summed E-state index contributed by atoms with van der Waals surface area (Å²) >= 11 is 0. The molecular formula is C22H22N6O2. The van der Waals surface area contributed by atoms with E-state index < -0.39 is 6.04 Å². The average molecular weight is 402 g/mol. The molecule has 8 nitrogen and oxygen atoms in total. The second-order valence-electron chi connectivity index (χ2n) is 6.78. The molecule has 8 heteroatoms. The van der Waals surface area contributed by atoms with Gasteiger partial charge in [-0.2, -0.15) is 14.6 Å². The van der Waals surface area contributed by atoms with Crippen LogP contribution in [0.15, 0.2) is 73.1 Å². The molecule has 0 aliphatic rings. The van der Waals surface area contributed by atoms with Crippen LogP contribution in [0.4, 0.5) is 11.5 Å². The smallest absolute Gasteiger partial charge is 0.254 e. The van der Waals surface area contributed by atoms with Crippen LogP contribution in [-0.4, -0.2) is 38.6 Å². The van der Waals surface area contributed by atoms with Crippen molar-refractivity contribution in [1.29, 1.82) is 0 Å². The molecule has 1 atom stereocenters. The van der Waals surface area contributed by atoms with Gasteiger partial charge in [0, 0.05) is 25.3 Å². The molecule has 2 N–H and O–H groups in total. The van der Waals surface area contributed by atoms with E-state index in [-0.39, 0.29) is 5.91 Å². The van der Waals surface area contributed by atoms with Gasteiger partial charge in [0.25, 0.3) is 5.78 Å². The van der Waals surface area contributed by atoms with Crippen LogP contribution in [0, 0.1) is 0 Å². The van der Waals surface area contributed by atoms with Crippen molar-refractivity contribution < 1.29 is 9.53 Å². The van der Waals surface area contributed by atoms with Crippen LogP contribution in [0.1, 0.15) is 11.3 Å². The third-order valence-corrected chi connectivity index (χ3v) is 4.56. The first-order chi connectivity index (χ1) is 14.7. The number of nitrogens with zero attached hydrogens (tertiary/aromatic N) is 4. The summed E-state index contributed by atoms with van der Waals surface area (Å²) in [5.74, 6) is 0.908. The van der Waals surface area contributed by atoms with Crippen molar-refractivity contribution in [3.8, 4) is 0 Å². The number of benzene rings is 2. The second-order valence-corrected chi connectivity index (χ2v) is 6.78. The standard InChI is InChI=1S/C22H22N6O2/c1-30-14-18-13-20(28-22(26-18)23-15-24-28)27-19(12-16-8-4-2-5-9-16)21(29)25-17-10-6-3-7-11-17/h2-11,13,15,19,27H,12,14H2,1H3,(H,25,29)/t19-/m1/s1. The van der Waals surface area contributed by atoms with Gasteiger partial charge in [0.05, 0.1) is 12.3 Å². The Labute approximate surface area is 173 Å². The topological polar surface area (TPSA) is 93.4 Å². The predicted octanol–water partition coefficient (Wildman–Crippen LogP) is 2.93. The minimum Gasteiger partial charge on any atom is -0.378 e. The largest absolute Gasteiger partial charge is 0.378 e. The third-order valence-electron chi connectivity index (χ3n) is 4.56. The Morgan fingerprint density at radius 3 is 2.57 bits per heavy atom. The third kappa shape index (κ3) is 4.61. The molecule has 0 saturated carbocycles. The van der Waals surface area contributed by atoms with E-state index in [2.05, 4.69) is 25.7 Å². The van der Waals surface area contributed by atoms with Crippen LogP contribution >= 0.6 is 0 Å². The number of hydrogen-bond donors (Lipinski definition) is 2. The van der Waals surface area contributed by atoms with E-state index in [1.54, 1.807) is 11.6 Å². The van der Waals surface area contributed by atoms with Gasteiger partial charge in [-0.1, -0.05) is 48.5 Å². The van der Waals surface area contributed by atoms with Crippen molar-refractivity contribution in [2.24, 2.45) is 0 Å². The molecule has 1 amide bonds. The quantitative estimate of drug-likeness (QED) is 0.471. The first-order valence-electron chi connectivity index (χ1n) is 9.58. The number of para-hydroxylation sites is 1. The number of aromatic nitrogens is 4. The number of ether oxygens (including phenoxy) is 1. The van der Waals surface area contributed by atoms with Crippen LogP contribution in [0.2, 0.25) is 0 Å². The second kappa shape index (κ2) is 9.15. The van der Waals surface area contributed by atoms with E-state index in [0.717, 1.165) is 11.3 Å². The fourth-order valence-electron chi connectivity index (χ4n) is 3.17. The van der Waals surface area contributed by atoms with Gasteiger partial charge in [-0.05, 0) is 17.7 Å². The highest BCUT2D eigenvalue weighted by Gasteiger charge is 2.21. The Balaban J connectivity index is 1.64. The van der Waals surface area contributed by atoms with Crippen molar-refractivity contribution in [3.05, 3.63) is 84.3 Å². The molecule has 30 heavy (non-hydrogen) atoms. The van der Waals surface area contributed by atoms with Gasteiger partial charge in [-0.15, -0.1) is 0 Å². The summed E-state index contributed by atoms with van der Waals surface area (Å²) in [5, 5.41) is 10.5. The Kier molecular flexibility index (Phi) is 5.95. The lowest BCUT2D eigenvalue weighted by atomic mass is 10.0. The molecule has 2 heterocycles. The molecule has 2 aromatic carbocycles. The zero-order chi connectivity index (χ0) is 20.8. The number of amides is 1. The Bertz CT molecular complexity index is 1110. The summed E-state index contributed by atoms with van der Waals surface area (Å²) in [6.45, 7) is 0.331. The number of anilines is 2. The number of methoxy groups -OCH3 is 1. The predicted molar refractivity (Wildman–Crippen MR) is 114 cm³/mol. The molecular weight excluding hydrogens is 380 g/mol. The van der Waals surface area contributed by atoms with Gasteiger partial charge < -0.3 is 15.4 Å². The van der Waals surface area contributed by atoms with E-state index in [1.807, 2.05) is 66.7 Å². The van der Waals surface area contributed by atoms with Crippen molar-refractivity contribution >= 4 is 23.2 Å². The van der Waals surface area contributed by atoms with Crippen molar-refractivity contribution in [3.63, 3.8) is 0 Å². The number of rotatable bonds is 8. The summed E-state index contributed by atoms with van der Waals surface area (Å²) in [6, 6.07) is 20.5. The minimum atomic E-state index is -0.544. The fourth-order valence-corrected chi connectivity index (χ4v) is 3.17. The molecule has 4 aromatic rings. The maximum atomic E-state index is 13.1. The molecule has 0 radical (unpaired) electrons. The SMILES string of the molecule is COCc1cc(N[C@H](Cc2ccccc2)C(=O)Nc2ccccc2)n2ncnc2n1. The van der Waals surface area contributed by atoms with Gasteiger partial charge in [-0.25, -0.2) is 4.98 Å². The lowest BCUT2D eigenvalue weighted by Crippen LogP contribution is -2.37. The lowest BCUT2D eigenvalue weighted by molar-refractivity contribution is -0.116. The molecule has 0 unspecified atom stereocenters. The van der Waals surface area contributed by atoms with E-state index in [9.17, 15) is 4.79 Å². The van der Waals surface area contributed by atoms with Gasteiger partial charge in [0.2, 0.25) is 5.91 Å². The van der Waals surface area contributed by atoms with Gasteiger partial charge in [0.1, 0.15) is 18.2 Å². The molecule has 0 saturated heterocycles. The molecule has 0 spiro atoms. The van der Waals surface area contributed by atoms with E-state index in [0.29, 0.717) is 30.3 Å². The summed E-state index contributed by atoms with van der Waals surface area (Å²) in [7, 11) is 1.61. The van der Waals surface area contributed by atoms with Crippen LogP contribution in [0.25, 0.3) is 5.78 Å². The highest BCUT2D eigenvalue weighted by Crippen LogP contribution is 2.16. The zero-order valence-corrected chi connectivity index (χ0v) is 16.5. The summed E-state index contributed by atoms with van der Waals surface area (Å²) in [6.07, 6.45) is 1.93. The monoisotopic (exact) mass is 402 g/mol. The van der Waals surface area contributed by atoms with E-state index in [1.165, 1.54) is 6.33 Å². The number of carbonyl (C=O) groups excluding carboxylic acids is 1. The lowest BCUT2D eigenvalue weighted by Gasteiger charge is -2.20. The highest BCUT2D eigenvalue weighted by molar-refractivity contribution is 5.96. The molecule has 0 fully saturated rings. The Morgan fingerprint density at radius 2 is 1.83 bits per heavy atom. The summed E-state index contributed by atoms with van der Waals surface area (Å²) in [4.78, 5) is 21.7. The van der Waals surface area contributed by atoms with Crippen LogP contribution in [0.3, 0.4) is 0 Å². The number of carbonyl (C=O) groups is 1. The summed E-state index contributed by atoms with van der Waals surface area (Å²) < 4.78 is 6.78. The Morgan fingerprint density at radius 1 is 1.10 bits per heavy atom. The first kappa shape index (κ1) is 19.5. The number of hydrogen-bond acceptors (Lipinski definition) is 6. The Hall–Kier alpha value is -3.78. The minimum absolute atomic E-state index is 0.150. The average Bonchev–Trinajstić information content (AvgIpc) is 3.24. The fraction of sp³-hybridized carbons (Fsp3) is 0.182. The molecule has 152 valence electrons. The van der Waals surface area contributed by atoms with Crippen molar-refractivity contribution in [2.45, 2.75) is 19.1 Å². The molecule has 0 aliphatic carbocycles. The summed E-state index contributed by atoms with van der Waals surface area (Å²) in [5.41, 5.74) is 2.48. The zero-order valence-electron chi connectivity index (χ0n) is 16.5. The van der Waals surface area contributed by atoms with Crippen LogP contribution in [-0.2, 0) is 22.6 Å². The maximum absolute atomic E-state index is 13.1. The van der Waals surface area contributed by atoms with E-state index in [4.69, 9.17) is 4.74 Å². The maximum Gasteiger partial charge on any atom is 0.254 e. The van der Waals surface area contributed by atoms with Gasteiger partial charge in [0.15, 0.2) is 0 Å². The molecule has 4 rings (SSSR count).